The molecule has 0 spiro atoms. The van der Waals surface area contributed by atoms with Crippen molar-refractivity contribution < 1.29 is 41.8 Å². The van der Waals surface area contributed by atoms with E-state index < -0.39 is 47.6 Å². The summed E-state index contributed by atoms with van der Waals surface area (Å²) >= 11 is 0. The molecule has 1 saturated heterocycles. The van der Waals surface area contributed by atoms with Gasteiger partial charge in [0.1, 0.15) is 11.6 Å². The van der Waals surface area contributed by atoms with Crippen LogP contribution in [-0.4, -0.2) is 59.6 Å². The van der Waals surface area contributed by atoms with Crippen LogP contribution in [0.25, 0.3) is 11.0 Å². The number of amides is 2. The van der Waals surface area contributed by atoms with Crippen molar-refractivity contribution >= 4 is 34.6 Å². The van der Waals surface area contributed by atoms with Gasteiger partial charge in [-0.3, -0.25) is 14.4 Å². The number of alkyl halides is 3. The molecule has 0 radical (unpaired) electrons. The summed E-state index contributed by atoms with van der Waals surface area (Å²) in [6.45, 7) is 4.18. The van der Waals surface area contributed by atoms with Crippen LogP contribution < -0.4 is 15.4 Å². The molecular weight excluding hydrogens is 497 g/mol. The van der Waals surface area contributed by atoms with Crippen LogP contribution in [0, 0.1) is 17.8 Å². The van der Waals surface area contributed by atoms with E-state index in [4.69, 9.17) is 4.74 Å². The summed E-state index contributed by atoms with van der Waals surface area (Å²) in [6, 6.07) is 2.77. The highest BCUT2D eigenvalue weighted by Crippen LogP contribution is 2.30. The summed E-state index contributed by atoms with van der Waals surface area (Å²) in [4.78, 5) is 57.1. The number of nitrogens with zero attached hydrogens (tertiary/aromatic N) is 1. The molecule has 2 heterocycles. The highest BCUT2D eigenvalue weighted by atomic mass is 19.4. The first-order valence-electron chi connectivity index (χ1n) is 11.8. The van der Waals surface area contributed by atoms with Crippen LogP contribution in [0.3, 0.4) is 0 Å². The number of aromatic nitrogens is 2. The van der Waals surface area contributed by atoms with Crippen molar-refractivity contribution in [2.75, 3.05) is 13.7 Å². The van der Waals surface area contributed by atoms with Gasteiger partial charge in [-0.25, -0.2) is 9.78 Å². The van der Waals surface area contributed by atoms with E-state index in [0.29, 0.717) is 13.0 Å². The third-order valence-corrected chi connectivity index (χ3v) is 6.01. The highest BCUT2D eigenvalue weighted by molar-refractivity contribution is 5.99. The van der Waals surface area contributed by atoms with Crippen molar-refractivity contribution in [3.05, 3.63) is 24.0 Å². The molecule has 0 bridgehead atoms. The number of ketones is 1. The summed E-state index contributed by atoms with van der Waals surface area (Å²) in [5.41, 5.74) is -0.0100. The molecule has 0 saturated carbocycles. The van der Waals surface area contributed by atoms with Gasteiger partial charge in [0.2, 0.25) is 11.8 Å². The average molecular weight is 527 g/mol. The Hall–Kier alpha value is -3.64. The second-order valence-corrected chi connectivity index (χ2v) is 9.34. The number of benzene rings is 1. The van der Waals surface area contributed by atoms with Gasteiger partial charge < -0.3 is 25.1 Å². The Balaban J connectivity index is 1.77. The molecule has 3 atom stereocenters. The number of ether oxygens (including phenoxy) is 2. The number of carbonyl (C=O) groups excluding carboxylic acids is 4. The topological polar surface area (TPSA) is 139 Å². The number of carbonyl (C=O) groups is 4. The predicted molar refractivity (Wildman–Crippen MR) is 124 cm³/mol. The molecule has 1 fully saturated rings. The number of imidazole rings is 1. The van der Waals surface area contributed by atoms with E-state index in [-0.39, 0.29) is 47.9 Å². The van der Waals surface area contributed by atoms with Gasteiger partial charge in [-0.2, -0.15) is 0 Å². The third kappa shape index (κ3) is 7.43. The quantitative estimate of drug-likeness (QED) is 0.302. The molecule has 0 aliphatic carbocycles. The number of aromatic amines is 1. The number of para-hydroxylation sites is 1. The van der Waals surface area contributed by atoms with E-state index in [9.17, 15) is 32.3 Å². The number of methoxy groups -OCH3 is 1. The number of hydrogen-bond donors (Lipinski definition) is 3. The lowest BCUT2D eigenvalue weighted by Crippen LogP contribution is -2.46. The molecule has 0 unspecified atom stereocenters. The number of rotatable bonds is 11. The zero-order valence-corrected chi connectivity index (χ0v) is 20.6. The Kier molecular flexibility index (Phi) is 8.77. The summed E-state index contributed by atoms with van der Waals surface area (Å²) in [7, 11) is 1.17. The van der Waals surface area contributed by atoms with Gasteiger partial charge in [-0.1, -0.05) is 19.9 Å². The molecule has 13 heteroatoms. The number of esters is 1. The molecule has 3 N–H and O–H groups in total. The Morgan fingerprint density at radius 1 is 1.24 bits per heavy atom. The number of Topliss-reactive ketones (excluding diaryl/α,β-unsaturated/α-hetero) is 1. The first kappa shape index (κ1) is 27.9. The SMILES string of the molecule is COC(=O)[C@H](C[C@@H]1CCNC1=O)NC(=O)[C@@H](CC(=O)c1nc2c(OC(F)(F)F)cccc2[nH]1)CC(C)C. The van der Waals surface area contributed by atoms with Gasteiger partial charge in [-0.05, 0) is 37.3 Å². The summed E-state index contributed by atoms with van der Waals surface area (Å²) in [5, 5.41) is 5.29. The van der Waals surface area contributed by atoms with E-state index in [1.54, 1.807) is 0 Å². The first-order valence-corrected chi connectivity index (χ1v) is 11.8. The van der Waals surface area contributed by atoms with Crippen LogP contribution in [0.1, 0.15) is 50.1 Å². The lowest BCUT2D eigenvalue weighted by Gasteiger charge is -2.23. The predicted octanol–water partition coefficient (Wildman–Crippen LogP) is 2.88. The van der Waals surface area contributed by atoms with E-state index in [2.05, 4.69) is 25.3 Å². The van der Waals surface area contributed by atoms with Gasteiger partial charge >= 0.3 is 12.3 Å². The smallest absolute Gasteiger partial charge is 0.467 e. The van der Waals surface area contributed by atoms with Crippen molar-refractivity contribution in [3.8, 4) is 5.75 Å². The van der Waals surface area contributed by atoms with Crippen LogP contribution in [-0.2, 0) is 19.1 Å². The highest BCUT2D eigenvalue weighted by Gasteiger charge is 2.35. The number of halogens is 3. The Bertz CT molecular complexity index is 1160. The second kappa shape index (κ2) is 11.6. The van der Waals surface area contributed by atoms with Gasteiger partial charge in [0, 0.05) is 24.8 Å². The molecule has 10 nitrogen and oxygen atoms in total. The minimum absolute atomic E-state index is 0.00296. The molecule has 1 aliphatic rings. The van der Waals surface area contributed by atoms with Gasteiger partial charge in [-0.15, -0.1) is 13.2 Å². The summed E-state index contributed by atoms with van der Waals surface area (Å²) in [6.07, 6.45) is -4.39. The normalized spacial score (nSPS) is 17.4. The third-order valence-electron chi connectivity index (χ3n) is 6.01. The fourth-order valence-corrected chi connectivity index (χ4v) is 4.32. The average Bonchev–Trinajstić information content (AvgIpc) is 3.43. The number of hydrogen-bond acceptors (Lipinski definition) is 7. The van der Waals surface area contributed by atoms with Crippen LogP contribution in [0.5, 0.6) is 5.75 Å². The second-order valence-electron chi connectivity index (χ2n) is 9.34. The maximum Gasteiger partial charge on any atom is 0.573 e. The lowest BCUT2D eigenvalue weighted by atomic mass is 9.90. The van der Waals surface area contributed by atoms with Crippen LogP contribution in [0.2, 0.25) is 0 Å². The number of fused-ring (bicyclic) bond motifs is 1. The van der Waals surface area contributed by atoms with Crippen molar-refractivity contribution in [3.63, 3.8) is 0 Å². The molecule has 1 aliphatic heterocycles. The van der Waals surface area contributed by atoms with Crippen LogP contribution in [0.15, 0.2) is 18.2 Å². The molecule has 1 aromatic heterocycles. The lowest BCUT2D eigenvalue weighted by molar-refractivity contribution is -0.274. The number of nitrogens with one attached hydrogen (secondary N) is 3. The van der Waals surface area contributed by atoms with E-state index in [1.807, 2.05) is 13.8 Å². The molecule has 2 amide bonds. The molecular formula is C24H29F3N4O6. The zero-order valence-electron chi connectivity index (χ0n) is 20.6. The maximum atomic E-state index is 13.2. The van der Waals surface area contributed by atoms with Gasteiger partial charge in [0.25, 0.3) is 0 Å². The zero-order chi connectivity index (χ0) is 27.3. The van der Waals surface area contributed by atoms with Crippen LogP contribution >= 0.6 is 0 Å². The van der Waals surface area contributed by atoms with Crippen molar-refractivity contribution in [1.29, 1.82) is 0 Å². The molecule has 3 rings (SSSR count). The monoisotopic (exact) mass is 526 g/mol. The molecule has 37 heavy (non-hydrogen) atoms. The van der Waals surface area contributed by atoms with Gasteiger partial charge in [0.05, 0.1) is 12.6 Å². The Morgan fingerprint density at radius 2 is 1.97 bits per heavy atom. The maximum absolute atomic E-state index is 13.2. The van der Waals surface area contributed by atoms with E-state index >= 15 is 0 Å². The van der Waals surface area contributed by atoms with Crippen molar-refractivity contribution in [1.82, 2.24) is 20.6 Å². The van der Waals surface area contributed by atoms with E-state index in [0.717, 1.165) is 6.07 Å². The minimum Gasteiger partial charge on any atom is -0.467 e. The molecule has 202 valence electrons. The van der Waals surface area contributed by atoms with Crippen LogP contribution in [0.4, 0.5) is 13.2 Å². The molecule has 2 aromatic rings. The van der Waals surface area contributed by atoms with Crippen molar-refractivity contribution in [2.45, 2.75) is 51.9 Å². The Labute approximate surface area is 210 Å². The number of H-pyrrole nitrogens is 1. The summed E-state index contributed by atoms with van der Waals surface area (Å²) < 4.78 is 47.0. The fraction of sp³-hybridized carbons (Fsp3) is 0.542. The largest absolute Gasteiger partial charge is 0.573 e. The van der Waals surface area contributed by atoms with E-state index in [1.165, 1.54) is 19.2 Å². The fourth-order valence-electron chi connectivity index (χ4n) is 4.32. The Morgan fingerprint density at radius 3 is 2.57 bits per heavy atom. The van der Waals surface area contributed by atoms with Gasteiger partial charge in [0.15, 0.2) is 17.4 Å². The summed E-state index contributed by atoms with van der Waals surface area (Å²) in [5.74, 6) is -4.20. The molecule has 1 aromatic carbocycles. The first-order chi connectivity index (χ1) is 17.4. The van der Waals surface area contributed by atoms with Crippen molar-refractivity contribution in [2.24, 2.45) is 17.8 Å². The minimum atomic E-state index is -4.94. The standard InChI is InChI=1S/C24H29F3N4O6/c1-12(2)9-14(22(34)30-16(23(35)36-3)10-13-7-8-28-21(13)33)11-17(32)20-29-15-5-4-6-18(19(15)31-20)37-24(25,26)27/h4-6,12-14,16H,7-11H2,1-3H3,(H,28,33)(H,29,31)(H,30,34)/t13-,14+,16-/m0/s1.